The van der Waals surface area contributed by atoms with Crippen LogP contribution in [0.5, 0.6) is 0 Å². The number of carbonyl (C=O) groups excluding carboxylic acids is 1. The van der Waals surface area contributed by atoms with Gasteiger partial charge in [-0.3, -0.25) is 4.79 Å². The van der Waals surface area contributed by atoms with Crippen molar-refractivity contribution in [2.45, 2.75) is 52.9 Å². The molecule has 3 aliphatic carbocycles. The predicted molar refractivity (Wildman–Crippen MR) is 89.7 cm³/mol. The van der Waals surface area contributed by atoms with Gasteiger partial charge in [-0.15, -0.1) is 0 Å². The summed E-state index contributed by atoms with van der Waals surface area (Å²) in [6.45, 7) is 7.90. The Morgan fingerprint density at radius 2 is 1.77 bits per heavy atom. The third-order valence-corrected chi connectivity index (χ3v) is 6.20. The van der Waals surface area contributed by atoms with E-state index in [1.165, 1.54) is 31.7 Å². The van der Waals surface area contributed by atoms with E-state index in [4.69, 9.17) is 0 Å². The second-order valence-electron chi connectivity index (χ2n) is 7.68. The average Bonchev–Trinajstić information content (AvgIpc) is 2.47. The van der Waals surface area contributed by atoms with Gasteiger partial charge in [0.2, 0.25) is 0 Å². The minimum atomic E-state index is -0.0895. The van der Waals surface area contributed by atoms with Crippen LogP contribution in [-0.2, 0) is 4.79 Å². The molecule has 3 atom stereocenters. The lowest BCUT2D eigenvalue weighted by molar-refractivity contribution is -0.111. The Bertz CT molecular complexity index is 616. The minimum absolute atomic E-state index is 0.0895. The van der Waals surface area contributed by atoms with Crippen molar-refractivity contribution in [2.24, 2.45) is 17.3 Å². The van der Waals surface area contributed by atoms with Crippen LogP contribution in [0.3, 0.4) is 0 Å². The van der Waals surface area contributed by atoms with E-state index in [0.29, 0.717) is 16.9 Å². The van der Waals surface area contributed by atoms with Crippen LogP contribution in [0.25, 0.3) is 5.57 Å². The van der Waals surface area contributed by atoms with Crippen molar-refractivity contribution in [3.8, 4) is 0 Å². The summed E-state index contributed by atoms with van der Waals surface area (Å²) in [4.78, 5) is 11.7. The summed E-state index contributed by atoms with van der Waals surface area (Å²) in [6, 6.07) is 8.29. The molecule has 3 aliphatic rings. The molecule has 2 nitrogen and oxygen atoms in total. The summed E-state index contributed by atoms with van der Waals surface area (Å²) in [7, 11) is 0. The van der Waals surface area contributed by atoms with Gasteiger partial charge in [0.25, 0.3) is 0 Å². The first-order valence-electron chi connectivity index (χ1n) is 8.33. The van der Waals surface area contributed by atoms with Crippen LogP contribution in [-0.4, -0.2) is 10.9 Å². The summed E-state index contributed by atoms with van der Waals surface area (Å²) < 4.78 is 0. The second kappa shape index (κ2) is 5.26. The largest absolute Gasteiger partial charge is 0.512 e. The van der Waals surface area contributed by atoms with E-state index in [0.717, 1.165) is 17.4 Å². The minimum Gasteiger partial charge on any atom is -0.512 e. The Morgan fingerprint density at radius 1 is 1.14 bits per heavy atom. The average molecular weight is 298 g/mol. The number of aliphatic hydroxyl groups is 1. The predicted octanol–water partition coefficient (Wildman–Crippen LogP) is 5.10. The van der Waals surface area contributed by atoms with Crippen LogP contribution < -0.4 is 0 Å². The molecule has 118 valence electrons. The van der Waals surface area contributed by atoms with E-state index in [2.05, 4.69) is 26.0 Å². The third kappa shape index (κ3) is 2.29. The molecule has 3 unspecified atom stereocenters. The maximum absolute atomic E-state index is 11.7. The summed E-state index contributed by atoms with van der Waals surface area (Å²) in [5.74, 6) is 2.36. The van der Waals surface area contributed by atoms with Gasteiger partial charge >= 0.3 is 0 Å². The quantitative estimate of drug-likeness (QED) is 0.622. The lowest BCUT2D eigenvalue weighted by atomic mass is 9.45. The first kappa shape index (κ1) is 15.3. The number of carbonyl (C=O) groups is 1. The van der Waals surface area contributed by atoms with Crippen LogP contribution in [0.15, 0.2) is 30.0 Å². The van der Waals surface area contributed by atoms with Gasteiger partial charge < -0.3 is 5.11 Å². The highest BCUT2D eigenvalue weighted by molar-refractivity contribution is 6.20. The molecule has 1 aromatic carbocycles. The lowest BCUT2D eigenvalue weighted by Crippen LogP contribution is -2.51. The molecule has 1 N–H and O–H groups in total. The maximum atomic E-state index is 11.7. The summed E-state index contributed by atoms with van der Waals surface area (Å²) >= 11 is 0. The van der Waals surface area contributed by atoms with Gasteiger partial charge in [-0.05, 0) is 67.4 Å². The standard InChI is InChI=1S/C20H26O2/c1-12(21)19(13(2)22)15-7-5-14(6-8-15)17-10-9-16-11-18(17)20(16,3)4/h5-8,16-18,21H,9-11H2,1-4H3. The van der Waals surface area contributed by atoms with Crippen molar-refractivity contribution in [1.82, 2.24) is 0 Å². The molecule has 0 spiro atoms. The molecule has 0 radical (unpaired) electrons. The van der Waals surface area contributed by atoms with Crippen LogP contribution >= 0.6 is 0 Å². The van der Waals surface area contributed by atoms with Crippen LogP contribution in [0, 0.1) is 17.3 Å². The van der Waals surface area contributed by atoms with E-state index >= 15 is 0 Å². The fraction of sp³-hybridized carbons (Fsp3) is 0.550. The molecule has 22 heavy (non-hydrogen) atoms. The molecule has 3 saturated carbocycles. The number of ketones is 1. The van der Waals surface area contributed by atoms with Crippen LogP contribution in [0.2, 0.25) is 0 Å². The van der Waals surface area contributed by atoms with Gasteiger partial charge in [-0.25, -0.2) is 0 Å². The Balaban J connectivity index is 1.86. The van der Waals surface area contributed by atoms with Crippen molar-refractivity contribution in [3.63, 3.8) is 0 Å². The van der Waals surface area contributed by atoms with Crippen molar-refractivity contribution in [3.05, 3.63) is 41.2 Å². The molecule has 0 aromatic heterocycles. The zero-order valence-corrected chi connectivity index (χ0v) is 14.0. The monoisotopic (exact) mass is 298 g/mol. The molecule has 4 rings (SSSR count). The van der Waals surface area contributed by atoms with E-state index in [1.807, 2.05) is 12.1 Å². The number of hydrogen-bond donors (Lipinski definition) is 1. The second-order valence-corrected chi connectivity index (χ2v) is 7.68. The lowest BCUT2D eigenvalue weighted by Gasteiger charge is -2.60. The smallest absolute Gasteiger partial charge is 0.163 e. The Hall–Kier alpha value is -1.57. The van der Waals surface area contributed by atoms with Crippen LogP contribution in [0.1, 0.15) is 64.0 Å². The fourth-order valence-electron chi connectivity index (χ4n) is 4.77. The first-order chi connectivity index (χ1) is 10.3. The summed E-state index contributed by atoms with van der Waals surface area (Å²) in [5.41, 5.74) is 3.11. The molecule has 1 aromatic rings. The highest BCUT2D eigenvalue weighted by Gasteiger charge is 2.54. The fourth-order valence-corrected chi connectivity index (χ4v) is 4.77. The van der Waals surface area contributed by atoms with E-state index in [9.17, 15) is 9.90 Å². The highest BCUT2D eigenvalue weighted by Crippen LogP contribution is 2.63. The Kier molecular flexibility index (Phi) is 3.66. The molecule has 3 fully saturated rings. The number of benzene rings is 1. The molecule has 0 heterocycles. The maximum Gasteiger partial charge on any atom is 0.163 e. The van der Waals surface area contributed by atoms with E-state index in [1.54, 1.807) is 6.92 Å². The van der Waals surface area contributed by atoms with Gasteiger partial charge in [0.05, 0.1) is 5.57 Å². The van der Waals surface area contributed by atoms with Gasteiger partial charge in [-0.2, -0.15) is 0 Å². The van der Waals surface area contributed by atoms with Crippen LogP contribution in [0.4, 0.5) is 0 Å². The van der Waals surface area contributed by atoms with Gasteiger partial charge in [0.15, 0.2) is 5.78 Å². The molecule has 0 saturated heterocycles. The Morgan fingerprint density at radius 3 is 2.23 bits per heavy atom. The topological polar surface area (TPSA) is 37.3 Å². The van der Waals surface area contributed by atoms with Crippen molar-refractivity contribution >= 4 is 11.4 Å². The zero-order valence-electron chi connectivity index (χ0n) is 14.0. The molecular formula is C20H26O2. The number of fused-ring (bicyclic) bond motifs is 2. The molecular weight excluding hydrogens is 272 g/mol. The van der Waals surface area contributed by atoms with E-state index in [-0.39, 0.29) is 11.5 Å². The normalized spacial score (nSPS) is 30.3. The number of hydrogen-bond acceptors (Lipinski definition) is 2. The Labute approximate surface area is 133 Å². The van der Waals surface area contributed by atoms with E-state index < -0.39 is 0 Å². The third-order valence-electron chi connectivity index (χ3n) is 6.20. The summed E-state index contributed by atoms with van der Waals surface area (Å²) in [5, 5.41) is 9.73. The van der Waals surface area contributed by atoms with Crippen molar-refractivity contribution < 1.29 is 9.90 Å². The number of allylic oxidation sites excluding steroid dienone is 2. The first-order valence-corrected chi connectivity index (χ1v) is 8.33. The number of aliphatic hydroxyl groups excluding tert-OH is 1. The van der Waals surface area contributed by atoms with Gasteiger partial charge in [0.1, 0.15) is 5.76 Å². The van der Waals surface area contributed by atoms with Crippen molar-refractivity contribution in [1.29, 1.82) is 0 Å². The molecule has 2 heteroatoms. The summed E-state index contributed by atoms with van der Waals surface area (Å²) in [6.07, 6.45) is 3.99. The van der Waals surface area contributed by atoms with Crippen molar-refractivity contribution in [2.75, 3.05) is 0 Å². The molecule has 0 amide bonds. The zero-order chi connectivity index (χ0) is 16.1. The molecule has 0 aliphatic heterocycles. The molecule has 2 bridgehead atoms. The number of Topliss-reactive ketones (excluding diaryl/α,β-unsaturated/α-hetero) is 1. The highest BCUT2D eigenvalue weighted by atomic mass is 16.3. The van der Waals surface area contributed by atoms with Gasteiger partial charge in [0, 0.05) is 0 Å². The SMILES string of the molecule is CC(=O)C(=C(C)O)c1ccc(C2CCC3CC2C3(C)C)cc1. The number of rotatable bonds is 3. The van der Waals surface area contributed by atoms with Gasteiger partial charge in [-0.1, -0.05) is 38.1 Å².